The predicted octanol–water partition coefficient (Wildman–Crippen LogP) is 2.73. The van der Waals surface area contributed by atoms with Crippen LogP contribution in [-0.4, -0.2) is 42.6 Å². The van der Waals surface area contributed by atoms with E-state index in [1.165, 1.54) is 11.0 Å². The fourth-order valence-electron chi connectivity index (χ4n) is 2.79. The number of likely N-dealkylation sites (N-methyl/N-ethyl adjacent to an activating group) is 1. The second-order valence-electron chi connectivity index (χ2n) is 6.01. The van der Waals surface area contributed by atoms with Gasteiger partial charge in [0, 0.05) is 12.6 Å². The Morgan fingerprint density at radius 2 is 2.08 bits per heavy atom. The van der Waals surface area contributed by atoms with Crippen molar-refractivity contribution >= 4 is 18.0 Å². The smallest absolute Gasteiger partial charge is 0.339 e. The van der Waals surface area contributed by atoms with Crippen LogP contribution in [0.3, 0.4) is 0 Å². The Morgan fingerprint density at radius 1 is 1.31 bits per heavy atom. The molecule has 0 atom stereocenters. The average Bonchev–Trinajstić information content (AvgIpc) is 3.00. The monoisotopic (exact) mass is 357 g/mol. The maximum Gasteiger partial charge on any atom is 0.339 e. The van der Waals surface area contributed by atoms with Crippen molar-refractivity contribution in [2.45, 2.75) is 13.5 Å². The SMILES string of the molecule is COc1ccc2c(c1)C=C(C(=O)N(C)Cc1cc(C(=O)O)c(C)o1)CO2. The fourth-order valence-corrected chi connectivity index (χ4v) is 2.79. The topological polar surface area (TPSA) is 89.2 Å². The van der Waals surface area contributed by atoms with Gasteiger partial charge in [0.15, 0.2) is 0 Å². The molecule has 0 spiro atoms. The normalized spacial score (nSPS) is 12.7. The number of fused-ring (bicyclic) bond motifs is 1. The summed E-state index contributed by atoms with van der Waals surface area (Å²) in [6.45, 7) is 1.91. The third-order valence-electron chi connectivity index (χ3n) is 4.14. The molecule has 2 aromatic rings. The van der Waals surface area contributed by atoms with Gasteiger partial charge in [0.2, 0.25) is 0 Å². The Labute approximate surface area is 150 Å². The van der Waals surface area contributed by atoms with Crippen LogP contribution in [0.4, 0.5) is 0 Å². The van der Waals surface area contributed by atoms with Crippen molar-refractivity contribution in [2.75, 3.05) is 20.8 Å². The Kier molecular flexibility index (Phi) is 4.71. The molecule has 3 rings (SSSR count). The van der Waals surface area contributed by atoms with Crippen LogP contribution in [0.2, 0.25) is 0 Å². The molecule has 136 valence electrons. The molecule has 1 aliphatic rings. The highest BCUT2D eigenvalue weighted by Gasteiger charge is 2.22. The highest BCUT2D eigenvalue weighted by atomic mass is 16.5. The average molecular weight is 357 g/mol. The van der Waals surface area contributed by atoms with E-state index in [2.05, 4.69) is 0 Å². The summed E-state index contributed by atoms with van der Waals surface area (Å²) >= 11 is 0. The first-order valence-electron chi connectivity index (χ1n) is 7.98. The number of amides is 1. The molecule has 2 heterocycles. The summed E-state index contributed by atoms with van der Waals surface area (Å²) in [5.41, 5.74) is 1.37. The van der Waals surface area contributed by atoms with E-state index in [-0.39, 0.29) is 24.6 Å². The van der Waals surface area contributed by atoms with E-state index < -0.39 is 5.97 Å². The van der Waals surface area contributed by atoms with Gasteiger partial charge in [-0.3, -0.25) is 4.79 Å². The van der Waals surface area contributed by atoms with Crippen LogP contribution in [-0.2, 0) is 11.3 Å². The number of rotatable bonds is 5. The van der Waals surface area contributed by atoms with Gasteiger partial charge in [-0.05, 0) is 37.3 Å². The molecule has 1 aromatic heterocycles. The lowest BCUT2D eigenvalue weighted by Gasteiger charge is -2.22. The van der Waals surface area contributed by atoms with Crippen molar-refractivity contribution in [1.29, 1.82) is 0 Å². The van der Waals surface area contributed by atoms with Crippen LogP contribution in [0.25, 0.3) is 6.08 Å². The lowest BCUT2D eigenvalue weighted by Crippen LogP contribution is -2.30. The quantitative estimate of drug-likeness (QED) is 0.885. The van der Waals surface area contributed by atoms with Crippen molar-refractivity contribution in [1.82, 2.24) is 4.90 Å². The molecule has 0 saturated carbocycles. The lowest BCUT2D eigenvalue weighted by molar-refractivity contribution is -0.126. The van der Waals surface area contributed by atoms with Crippen molar-refractivity contribution in [3.05, 3.63) is 52.5 Å². The van der Waals surface area contributed by atoms with E-state index in [1.54, 1.807) is 45.4 Å². The summed E-state index contributed by atoms with van der Waals surface area (Å²) in [6.07, 6.45) is 1.77. The van der Waals surface area contributed by atoms with Gasteiger partial charge < -0.3 is 23.9 Å². The largest absolute Gasteiger partial charge is 0.497 e. The number of carboxylic acids is 1. The van der Waals surface area contributed by atoms with Crippen molar-refractivity contribution in [3.63, 3.8) is 0 Å². The molecule has 26 heavy (non-hydrogen) atoms. The third kappa shape index (κ3) is 3.42. The number of benzene rings is 1. The zero-order valence-electron chi connectivity index (χ0n) is 14.7. The second-order valence-corrected chi connectivity index (χ2v) is 6.01. The fraction of sp³-hybridized carbons (Fsp3) is 0.263. The molecule has 1 aliphatic heterocycles. The Morgan fingerprint density at radius 3 is 2.73 bits per heavy atom. The number of hydrogen-bond donors (Lipinski definition) is 1. The zero-order valence-corrected chi connectivity index (χ0v) is 14.7. The molecule has 1 aromatic carbocycles. The van der Waals surface area contributed by atoms with E-state index in [9.17, 15) is 9.59 Å². The molecule has 7 nitrogen and oxygen atoms in total. The number of ether oxygens (including phenoxy) is 2. The molecule has 7 heteroatoms. The molecule has 0 saturated heterocycles. The summed E-state index contributed by atoms with van der Waals surface area (Å²) in [7, 11) is 3.20. The summed E-state index contributed by atoms with van der Waals surface area (Å²) in [5, 5.41) is 9.09. The molecule has 1 amide bonds. The molecule has 1 N–H and O–H groups in total. The summed E-state index contributed by atoms with van der Waals surface area (Å²) in [4.78, 5) is 25.2. The minimum Gasteiger partial charge on any atom is -0.497 e. The van der Waals surface area contributed by atoms with Crippen LogP contribution >= 0.6 is 0 Å². The minimum absolute atomic E-state index is 0.0992. The first-order chi connectivity index (χ1) is 12.4. The molecule has 0 radical (unpaired) electrons. The van der Waals surface area contributed by atoms with Gasteiger partial charge in [-0.2, -0.15) is 0 Å². The van der Waals surface area contributed by atoms with Crippen LogP contribution in [0.1, 0.15) is 27.4 Å². The number of aryl methyl sites for hydroxylation is 1. The zero-order chi connectivity index (χ0) is 18.8. The van der Waals surface area contributed by atoms with Gasteiger partial charge in [0.1, 0.15) is 35.2 Å². The van der Waals surface area contributed by atoms with Gasteiger partial charge in [-0.1, -0.05) is 0 Å². The van der Waals surface area contributed by atoms with Gasteiger partial charge in [0.25, 0.3) is 5.91 Å². The third-order valence-corrected chi connectivity index (χ3v) is 4.14. The predicted molar refractivity (Wildman–Crippen MR) is 93.3 cm³/mol. The number of aromatic carboxylic acids is 1. The maximum atomic E-state index is 12.7. The number of methoxy groups -OCH3 is 1. The standard InChI is InChI=1S/C19H19NO6/c1-11-16(19(22)23)8-15(26-11)9-20(2)18(21)13-6-12-7-14(24-3)4-5-17(12)25-10-13/h4-8H,9-10H2,1-3H3,(H,22,23). The molecular formula is C19H19NO6. The first kappa shape index (κ1) is 17.6. The number of nitrogens with zero attached hydrogens (tertiary/aromatic N) is 1. The van der Waals surface area contributed by atoms with Crippen LogP contribution < -0.4 is 9.47 Å². The second kappa shape index (κ2) is 6.95. The highest BCUT2D eigenvalue weighted by molar-refractivity contribution is 5.99. The van der Waals surface area contributed by atoms with Crippen LogP contribution in [0.5, 0.6) is 11.5 Å². The van der Waals surface area contributed by atoms with Crippen LogP contribution in [0, 0.1) is 6.92 Å². The molecule has 0 fully saturated rings. The molecule has 0 aliphatic carbocycles. The molecule has 0 bridgehead atoms. The Hall–Kier alpha value is -3.22. The number of carbonyl (C=O) groups is 2. The van der Waals surface area contributed by atoms with Crippen molar-refractivity contribution in [3.8, 4) is 11.5 Å². The number of hydrogen-bond acceptors (Lipinski definition) is 5. The minimum atomic E-state index is -1.06. The van der Waals surface area contributed by atoms with E-state index in [0.29, 0.717) is 28.6 Å². The summed E-state index contributed by atoms with van der Waals surface area (Å²) in [5.74, 6) is 0.824. The van der Waals surface area contributed by atoms with Gasteiger partial charge in [0.05, 0.1) is 19.2 Å². The summed E-state index contributed by atoms with van der Waals surface area (Å²) in [6, 6.07) is 6.84. The van der Waals surface area contributed by atoms with Gasteiger partial charge >= 0.3 is 5.97 Å². The first-order valence-corrected chi connectivity index (χ1v) is 7.98. The van der Waals surface area contributed by atoms with E-state index in [0.717, 1.165) is 5.56 Å². The lowest BCUT2D eigenvalue weighted by atomic mass is 10.1. The maximum absolute atomic E-state index is 12.7. The van der Waals surface area contributed by atoms with Gasteiger partial charge in [-0.15, -0.1) is 0 Å². The van der Waals surface area contributed by atoms with Crippen molar-refractivity contribution in [2.24, 2.45) is 0 Å². The van der Waals surface area contributed by atoms with Gasteiger partial charge in [-0.25, -0.2) is 4.79 Å². The molecular weight excluding hydrogens is 338 g/mol. The molecule has 0 unspecified atom stereocenters. The number of carboxylic acid groups (broad SMARTS) is 1. The van der Waals surface area contributed by atoms with Crippen molar-refractivity contribution < 1.29 is 28.6 Å². The Balaban J connectivity index is 1.77. The number of furan rings is 1. The van der Waals surface area contributed by atoms with E-state index in [1.807, 2.05) is 0 Å². The highest BCUT2D eigenvalue weighted by Crippen LogP contribution is 2.30. The van der Waals surface area contributed by atoms with E-state index in [4.69, 9.17) is 19.0 Å². The number of carbonyl (C=O) groups excluding carboxylic acids is 1. The summed E-state index contributed by atoms with van der Waals surface area (Å²) < 4.78 is 16.3. The van der Waals surface area contributed by atoms with E-state index >= 15 is 0 Å². The Bertz CT molecular complexity index is 895. The van der Waals surface area contributed by atoms with Crippen LogP contribution in [0.15, 0.2) is 34.3 Å².